The number of benzene rings is 2. The Morgan fingerprint density at radius 3 is 2.52 bits per heavy atom. The van der Waals surface area contributed by atoms with Gasteiger partial charge in [-0.15, -0.1) is 23.1 Å². The van der Waals surface area contributed by atoms with Gasteiger partial charge in [-0.25, -0.2) is 14.6 Å². The molecule has 3 aliphatic heterocycles. The fourth-order valence-corrected chi connectivity index (χ4v) is 8.44. The van der Waals surface area contributed by atoms with Crippen LogP contribution in [-0.2, 0) is 43.5 Å². The van der Waals surface area contributed by atoms with Crippen molar-refractivity contribution in [1.82, 2.24) is 9.88 Å². The van der Waals surface area contributed by atoms with E-state index in [-0.39, 0.29) is 40.2 Å². The van der Waals surface area contributed by atoms with Crippen LogP contribution in [0.3, 0.4) is 0 Å². The monoisotopic (exact) mass is 748 g/mol. The van der Waals surface area contributed by atoms with Crippen LogP contribution in [-0.4, -0.2) is 94.5 Å². The minimum atomic E-state index is -1.75. The minimum Gasteiger partial charge on any atom is -0.504 e. The molecular formula is C36H38N5O9S2+. The predicted octanol–water partition coefficient (Wildman–Crippen LogP) is 3.97. The number of β-lactam (4-membered cyclic amide) rings is 1. The summed E-state index contributed by atoms with van der Waals surface area (Å²) in [6, 6.07) is 11.3. The Labute approximate surface area is 307 Å². The van der Waals surface area contributed by atoms with Crippen LogP contribution in [0.1, 0.15) is 48.2 Å². The number of amides is 1. The molecule has 52 heavy (non-hydrogen) atoms. The van der Waals surface area contributed by atoms with Crippen LogP contribution in [0.4, 0.5) is 5.13 Å². The summed E-state index contributed by atoms with van der Waals surface area (Å²) in [6.07, 6.45) is 3.84. The smallest absolute Gasteiger partial charge is 0.352 e. The molecule has 3 aromatic rings. The number of aromatic nitrogens is 1. The molecule has 1 saturated heterocycles. The number of carbonyl (C=O) groups excluding carboxylic acids is 2. The standard InChI is InChI=1S/C36H37N5O9S2/c1-36(2,34(48)49)50-39-28(25-18-52-35(37)38-25)27(43)14-24-31(45)40-29(33(46)47)22(17-51-32(24)40)9-8-19-4-6-20(7-5-19)15-41(3)13-12-23-21(16-41)10-11-26(42)30(23)44/h4-11,18,24,32H,12-17H2,1-3H3,(H5-,37,38,39,42,43,44,46,47,48,49)/p+1/t24-,32-,41?/m1/s1. The number of phenols is 2. The summed E-state index contributed by atoms with van der Waals surface area (Å²) in [5.74, 6) is -4.39. The number of thiazole rings is 1. The summed E-state index contributed by atoms with van der Waals surface area (Å²) in [5, 5.41) is 44.5. The van der Waals surface area contributed by atoms with E-state index in [0.717, 1.165) is 57.7 Å². The van der Waals surface area contributed by atoms with E-state index >= 15 is 0 Å². The van der Waals surface area contributed by atoms with Crippen molar-refractivity contribution in [3.05, 3.63) is 87.1 Å². The first-order chi connectivity index (χ1) is 24.6. The Morgan fingerprint density at radius 2 is 1.87 bits per heavy atom. The number of oxime groups is 1. The van der Waals surface area contributed by atoms with E-state index < -0.39 is 40.5 Å². The van der Waals surface area contributed by atoms with E-state index in [2.05, 4.69) is 17.2 Å². The molecule has 0 aliphatic carbocycles. The van der Waals surface area contributed by atoms with Crippen LogP contribution in [0, 0.1) is 5.92 Å². The molecule has 0 saturated carbocycles. The number of anilines is 1. The third-order valence-electron chi connectivity index (χ3n) is 9.46. The molecule has 2 aromatic carbocycles. The largest absolute Gasteiger partial charge is 0.504 e. The number of nitrogens with two attached hydrogens (primary N) is 1. The number of carboxylic acids is 2. The fourth-order valence-electron chi connectivity index (χ4n) is 6.51. The van der Waals surface area contributed by atoms with Crippen molar-refractivity contribution in [2.75, 3.05) is 25.1 Å². The van der Waals surface area contributed by atoms with E-state index in [1.807, 2.05) is 30.3 Å². The van der Waals surface area contributed by atoms with E-state index in [1.54, 1.807) is 12.2 Å². The first-order valence-electron chi connectivity index (χ1n) is 16.4. The quantitative estimate of drug-likeness (QED) is 0.0586. The maximum Gasteiger partial charge on any atom is 0.352 e. The fraction of sp³-hybridized carbons (Fsp3) is 0.333. The van der Waals surface area contributed by atoms with Gasteiger partial charge < -0.3 is 35.5 Å². The van der Waals surface area contributed by atoms with Crippen molar-refractivity contribution in [2.45, 2.75) is 50.8 Å². The first kappa shape index (κ1) is 36.6. The Morgan fingerprint density at radius 1 is 1.13 bits per heavy atom. The average molecular weight is 749 g/mol. The maximum atomic E-state index is 13.5. The van der Waals surface area contributed by atoms with Gasteiger partial charge in [0.05, 0.1) is 24.9 Å². The number of likely N-dealkylation sites (N-methyl/N-ethyl adjacent to an activating group) is 1. The molecule has 6 rings (SSSR count). The molecular weight excluding hydrogens is 711 g/mol. The number of hydrogen-bond donors (Lipinski definition) is 5. The van der Waals surface area contributed by atoms with Gasteiger partial charge in [-0.1, -0.05) is 41.6 Å². The summed E-state index contributed by atoms with van der Waals surface area (Å²) in [6.45, 7) is 4.81. The summed E-state index contributed by atoms with van der Waals surface area (Å²) in [4.78, 5) is 61.3. The molecule has 0 spiro atoms. The number of hydrogen-bond acceptors (Lipinski definition) is 12. The van der Waals surface area contributed by atoms with Crippen molar-refractivity contribution in [3.63, 3.8) is 0 Å². The Bertz CT molecular complexity index is 2060. The molecule has 16 heteroatoms. The highest BCUT2D eigenvalue weighted by molar-refractivity contribution is 8.00. The van der Waals surface area contributed by atoms with Crippen LogP contribution in [0.25, 0.3) is 6.08 Å². The van der Waals surface area contributed by atoms with Crippen LogP contribution < -0.4 is 5.73 Å². The number of aromatic hydroxyl groups is 2. The van der Waals surface area contributed by atoms with Gasteiger partial charge in [0, 0.05) is 40.7 Å². The van der Waals surface area contributed by atoms with Crippen molar-refractivity contribution < 1.29 is 48.9 Å². The highest BCUT2D eigenvalue weighted by Gasteiger charge is 2.54. The number of quaternary nitrogens is 1. The van der Waals surface area contributed by atoms with E-state index in [1.165, 1.54) is 42.0 Å². The van der Waals surface area contributed by atoms with Crippen molar-refractivity contribution in [3.8, 4) is 11.5 Å². The summed E-state index contributed by atoms with van der Waals surface area (Å²) >= 11 is 2.40. The lowest BCUT2D eigenvalue weighted by molar-refractivity contribution is -0.937. The lowest BCUT2D eigenvalue weighted by atomic mass is 9.89. The molecule has 1 aromatic heterocycles. The van der Waals surface area contributed by atoms with Gasteiger partial charge in [-0.05, 0) is 37.1 Å². The predicted molar refractivity (Wildman–Crippen MR) is 194 cm³/mol. The van der Waals surface area contributed by atoms with Gasteiger partial charge in [0.1, 0.15) is 24.5 Å². The lowest BCUT2D eigenvalue weighted by Crippen LogP contribution is -2.62. The number of thioether (sulfide) groups is 1. The molecule has 14 nitrogen and oxygen atoms in total. The number of phenolic OH excluding ortho intramolecular Hbond substituents is 2. The van der Waals surface area contributed by atoms with Crippen LogP contribution >= 0.6 is 23.1 Å². The molecule has 1 unspecified atom stereocenters. The van der Waals surface area contributed by atoms with Gasteiger partial charge in [0.2, 0.25) is 11.5 Å². The second-order valence-electron chi connectivity index (χ2n) is 13.8. The van der Waals surface area contributed by atoms with Crippen LogP contribution in [0.15, 0.2) is 64.3 Å². The van der Waals surface area contributed by atoms with Gasteiger partial charge in [-0.2, -0.15) is 0 Å². The van der Waals surface area contributed by atoms with Crippen molar-refractivity contribution in [2.24, 2.45) is 11.1 Å². The number of nitrogen functional groups attached to an aromatic ring is 1. The Balaban J connectivity index is 1.13. The van der Waals surface area contributed by atoms with E-state index in [4.69, 9.17) is 10.6 Å². The van der Waals surface area contributed by atoms with Crippen molar-refractivity contribution in [1.29, 1.82) is 0 Å². The number of nitrogens with zero attached hydrogens (tertiary/aromatic N) is 4. The third kappa shape index (κ3) is 7.26. The molecule has 1 amide bonds. The summed E-state index contributed by atoms with van der Waals surface area (Å²) in [5.41, 5.74) is 7.89. The normalized spacial score (nSPS) is 21.8. The van der Waals surface area contributed by atoms with Gasteiger partial charge in [-0.3, -0.25) is 14.5 Å². The lowest BCUT2D eigenvalue weighted by Gasteiger charge is -2.49. The molecule has 4 heterocycles. The number of carbonyl (C=O) groups is 4. The number of carboxylic acid groups (broad SMARTS) is 2. The van der Waals surface area contributed by atoms with Crippen LogP contribution in [0.2, 0.25) is 0 Å². The maximum absolute atomic E-state index is 13.5. The van der Waals surface area contributed by atoms with E-state index in [9.17, 15) is 39.6 Å². The zero-order valence-corrected chi connectivity index (χ0v) is 30.2. The number of aliphatic carboxylic acids is 2. The Kier molecular flexibility index (Phi) is 9.91. The topological polar surface area (TPSA) is 213 Å². The summed E-state index contributed by atoms with van der Waals surface area (Å²) in [7, 11) is 2.16. The molecule has 1 fully saturated rings. The average Bonchev–Trinajstić information content (AvgIpc) is 3.53. The second-order valence-corrected chi connectivity index (χ2v) is 15.8. The SMILES string of the molecule is CC(C)(O/N=C(\C(=O)C[C@@H]1C(=O)N2C(C(=O)O)=C(C=Cc3ccc(C[N+]4(C)CCc5c(ccc(O)c5O)C4)cc3)CS[C@H]12)c1csc(N)n1)C(=O)O. The molecule has 0 radical (unpaired) electrons. The number of ketones is 1. The van der Waals surface area contributed by atoms with Crippen molar-refractivity contribution >= 4 is 63.6 Å². The second kappa shape index (κ2) is 14.1. The highest BCUT2D eigenvalue weighted by atomic mass is 32.2. The molecule has 3 aliphatic rings. The van der Waals surface area contributed by atoms with Gasteiger partial charge in [0.25, 0.3) is 0 Å². The molecule has 3 atom stereocenters. The number of fused-ring (bicyclic) bond motifs is 2. The number of allylic oxidation sites excluding steroid dienone is 1. The minimum absolute atomic E-state index is 0.0368. The molecule has 272 valence electrons. The number of Topliss-reactive ketones (excluding diaryl/α,β-unsaturated/α-hetero) is 1. The van der Waals surface area contributed by atoms with Crippen LogP contribution in [0.5, 0.6) is 11.5 Å². The van der Waals surface area contributed by atoms with Gasteiger partial charge in [0.15, 0.2) is 28.1 Å². The first-order valence-corrected chi connectivity index (χ1v) is 18.3. The van der Waals surface area contributed by atoms with E-state index in [0.29, 0.717) is 17.7 Å². The summed E-state index contributed by atoms with van der Waals surface area (Å²) < 4.78 is 0.737. The highest BCUT2D eigenvalue weighted by Crippen LogP contribution is 2.46. The third-order valence-corrected chi connectivity index (χ3v) is 11.5. The molecule has 6 N–H and O–H groups in total. The zero-order chi connectivity index (χ0) is 37.5. The Hall–Kier alpha value is -5.19. The number of rotatable bonds is 12. The van der Waals surface area contributed by atoms with Gasteiger partial charge >= 0.3 is 11.9 Å². The molecule has 0 bridgehead atoms. The zero-order valence-electron chi connectivity index (χ0n) is 28.6.